The van der Waals surface area contributed by atoms with Gasteiger partial charge in [-0.1, -0.05) is 0 Å². The van der Waals surface area contributed by atoms with Gasteiger partial charge in [0.1, 0.15) is 0 Å². The molecule has 2 heterocycles. The molecule has 0 aliphatic carbocycles. The molecule has 1 aliphatic heterocycles. The van der Waals surface area contributed by atoms with E-state index in [9.17, 15) is 0 Å². The van der Waals surface area contributed by atoms with E-state index in [0.717, 1.165) is 5.69 Å². The average molecular weight is 209 g/mol. The van der Waals surface area contributed by atoms with Crippen LogP contribution >= 0.6 is 0 Å². The quantitative estimate of drug-likeness (QED) is 0.428. The van der Waals surface area contributed by atoms with Crippen molar-refractivity contribution in [2.24, 2.45) is 5.73 Å². The first-order valence-corrected chi connectivity index (χ1v) is 4.89. The summed E-state index contributed by atoms with van der Waals surface area (Å²) in [6.07, 6.45) is 0. The van der Waals surface area contributed by atoms with Crippen LogP contribution < -0.4 is 5.73 Å². The van der Waals surface area contributed by atoms with Crippen LogP contribution in [0.4, 0.5) is 0 Å². The SMILES string of the molecule is C[C@H]1Cn2nc(CO)cc2CN1C(=N)N. The summed E-state index contributed by atoms with van der Waals surface area (Å²) < 4.78 is 1.87. The molecule has 0 fully saturated rings. The second kappa shape index (κ2) is 3.54. The van der Waals surface area contributed by atoms with Crippen molar-refractivity contribution < 1.29 is 5.11 Å². The third-order valence-electron chi connectivity index (χ3n) is 2.69. The third-order valence-corrected chi connectivity index (χ3v) is 2.69. The van der Waals surface area contributed by atoms with Crippen molar-refractivity contribution in [2.45, 2.75) is 32.7 Å². The third kappa shape index (κ3) is 1.68. The second-order valence-corrected chi connectivity index (χ2v) is 3.83. The van der Waals surface area contributed by atoms with E-state index in [1.807, 2.05) is 22.6 Å². The van der Waals surface area contributed by atoms with Crippen LogP contribution in [0.5, 0.6) is 0 Å². The van der Waals surface area contributed by atoms with Crippen LogP contribution in [0.3, 0.4) is 0 Å². The standard InChI is InChI=1S/C9H15N5O/c1-6-3-14-8(2-7(5-15)12-14)4-13(6)9(10)11/h2,6,15H,3-5H2,1H3,(H3,10,11)/t6-/m0/s1. The number of nitrogens with one attached hydrogen (secondary N) is 1. The number of nitrogens with two attached hydrogens (primary N) is 1. The number of nitrogens with zero attached hydrogens (tertiary/aromatic N) is 3. The van der Waals surface area contributed by atoms with Gasteiger partial charge in [0.05, 0.1) is 31.1 Å². The number of fused-ring (bicyclic) bond motifs is 1. The fourth-order valence-electron chi connectivity index (χ4n) is 1.88. The van der Waals surface area contributed by atoms with Gasteiger partial charge < -0.3 is 15.7 Å². The molecule has 1 atom stereocenters. The van der Waals surface area contributed by atoms with Crippen molar-refractivity contribution in [2.75, 3.05) is 0 Å². The average Bonchev–Trinajstić information content (AvgIpc) is 2.58. The smallest absolute Gasteiger partial charge is 0.189 e. The van der Waals surface area contributed by atoms with Gasteiger partial charge >= 0.3 is 0 Å². The first-order chi connectivity index (χ1) is 7.11. The molecule has 1 aliphatic rings. The Hall–Kier alpha value is -1.56. The summed E-state index contributed by atoms with van der Waals surface area (Å²) >= 11 is 0. The Bertz CT molecular complexity index is 386. The van der Waals surface area contributed by atoms with Gasteiger partial charge in [0.15, 0.2) is 5.96 Å². The summed E-state index contributed by atoms with van der Waals surface area (Å²) in [5, 5.41) is 20.7. The topological polar surface area (TPSA) is 91.2 Å². The lowest BCUT2D eigenvalue weighted by Gasteiger charge is -2.34. The van der Waals surface area contributed by atoms with Crippen LogP contribution in [0, 0.1) is 5.41 Å². The zero-order chi connectivity index (χ0) is 11.0. The lowest BCUT2D eigenvalue weighted by atomic mass is 10.2. The molecule has 1 aromatic rings. The van der Waals surface area contributed by atoms with E-state index < -0.39 is 0 Å². The molecule has 6 heteroatoms. The molecule has 1 aromatic heterocycles. The molecule has 4 N–H and O–H groups in total. The van der Waals surface area contributed by atoms with Crippen LogP contribution in [0.1, 0.15) is 18.3 Å². The van der Waals surface area contributed by atoms with E-state index in [0.29, 0.717) is 18.8 Å². The molecule has 0 aromatic carbocycles. The second-order valence-electron chi connectivity index (χ2n) is 3.83. The summed E-state index contributed by atoms with van der Waals surface area (Å²) in [6.45, 7) is 3.25. The summed E-state index contributed by atoms with van der Waals surface area (Å²) in [7, 11) is 0. The van der Waals surface area contributed by atoms with Gasteiger partial charge in [-0.05, 0) is 13.0 Å². The van der Waals surface area contributed by atoms with Crippen LogP contribution in [-0.2, 0) is 19.7 Å². The fourth-order valence-corrected chi connectivity index (χ4v) is 1.88. The maximum Gasteiger partial charge on any atom is 0.189 e. The van der Waals surface area contributed by atoms with E-state index in [1.54, 1.807) is 0 Å². The van der Waals surface area contributed by atoms with Gasteiger partial charge in [0.25, 0.3) is 0 Å². The van der Waals surface area contributed by atoms with Crippen molar-refractivity contribution in [3.05, 3.63) is 17.5 Å². The molecule has 0 radical (unpaired) electrons. The minimum absolute atomic E-state index is 0.0472. The lowest BCUT2D eigenvalue weighted by molar-refractivity contribution is 0.232. The Morgan fingerprint density at radius 1 is 1.80 bits per heavy atom. The maximum atomic E-state index is 8.97. The number of guanidine groups is 1. The summed E-state index contributed by atoms with van der Waals surface area (Å²) in [4.78, 5) is 1.82. The molecule has 0 amide bonds. The zero-order valence-electron chi connectivity index (χ0n) is 8.64. The largest absolute Gasteiger partial charge is 0.390 e. The summed E-state index contributed by atoms with van der Waals surface area (Å²) in [5.74, 6) is 0.0838. The van der Waals surface area contributed by atoms with E-state index in [4.69, 9.17) is 16.2 Å². The predicted molar refractivity (Wildman–Crippen MR) is 55.1 cm³/mol. The fraction of sp³-hybridized carbons (Fsp3) is 0.556. The van der Waals surface area contributed by atoms with Crippen molar-refractivity contribution in [3.63, 3.8) is 0 Å². The van der Waals surface area contributed by atoms with Crippen LogP contribution in [-0.4, -0.2) is 31.8 Å². The van der Waals surface area contributed by atoms with Gasteiger partial charge in [-0.3, -0.25) is 10.1 Å². The van der Waals surface area contributed by atoms with Crippen molar-refractivity contribution in [1.82, 2.24) is 14.7 Å². The molecule has 15 heavy (non-hydrogen) atoms. The first kappa shape index (κ1) is 9.97. The van der Waals surface area contributed by atoms with Gasteiger partial charge in [-0.2, -0.15) is 5.10 Å². The summed E-state index contributed by atoms with van der Waals surface area (Å²) in [5.41, 5.74) is 7.15. The molecule has 82 valence electrons. The molecular weight excluding hydrogens is 194 g/mol. The predicted octanol–water partition coefficient (Wildman–Crippen LogP) is -0.527. The first-order valence-electron chi connectivity index (χ1n) is 4.89. The molecule has 6 nitrogen and oxygen atoms in total. The summed E-state index contributed by atoms with van der Waals surface area (Å²) in [6, 6.07) is 2.02. The lowest BCUT2D eigenvalue weighted by Crippen LogP contribution is -2.47. The van der Waals surface area contributed by atoms with Gasteiger partial charge in [0, 0.05) is 6.04 Å². The van der Waals surface area contributed by atoms with E-state index in [-0.39, 0.29) is 18.6 Å². The zero-order valence-corrected chi connectivity index (χ0v) is 8.64. The Morgan fingerprint density at radius 2 is 2.53 bits per heavy atom. The Labute approximate surface area is 87.8 Å². The van der Waals surface area contributed by atoms with Gasteiger partial charge in [-0.15, -0.1) is 0 Å². The molecule has 0 bridgehead atoms. The highest BCUT2D eigenvalue weighted by atomic mass is 16.3. The number of hydrogen-bond acceptors (Lipinski definition) is 3. The van der Waals surface area contributed by atoms with Gasteiger partial charge in [-0.25, -0.2) is 0 Å². The maximum absolute atomic E-state index is 8.97. The number of aromatic nitrogens is 2. The van der Waals surface area contributed by atoms with Crippen molar-refractivity contribution in [3.8, 4) is 0 Å². The Balaban J connectivity index is 2.28. The highest BCUT2D eigenvalue weighted by molar-refractivity contribution is 5.75. The minimum atomic E-state index is -0.0472. The highest BCUT2D eigenvalue weighted by Gasteiger charge is 2.24. The van der Waals surface area contributed by atoms with Crippen LogP contribution in [0.25, 0.3) is 0 Å². The number of aliphatic hydroxyl groups excluding tert-OH is 1. The van der Waals surface area contributed by atoms with E-state index in [1.165, 1.54) is 0 Å². The van der Waals surface area contributed by atoms with Crippen LogP contribution in [0.2, 0.25) is 0 Å². The molecule has 2 rings (SSSR count). The molecule has 0 saturated carbocycles. The molecule has 0 unspecified atom stereocenters. The Kier molecular flexibility index (Phi) is 2.36. The monoisotopic (exact) mass is 209 g/mol. The molecule has 0 saturated heterocycles. The normalized spacial score (nSPS) is 20.1. The minimum Gasteiger partial charge on any atom is -0.390 e. The van der Waals surface area contributed by atoms with Gasteiger partial charge in [0.2, 0.25) is 0 Å². The Morgan fingerprint density at radius 3 is 3.13 bits per heavy atom. The number of hydrogen-bond donors (Lipinski definition) is 3. The highest BCUT2D eigenvalue weighted by Crippen LogP contribution is 2.17. The van der Waals surface area contributed by atoms with E-state index >= 15 is 0 Å². The van der Waals surface area contributed by atoms with E-state index in [2.05, 4.69) is 5.10 Å². The van der Waals surface area contributed by atoms with Crippen LogP contribution in [0.15, 0.2) is 6.07 Å². The molecule has 0 spiro atoms. The van der Waals surface area contributed by atoms with Crippen molar-refractivity contribution in [1.29, 1.82) is 5.41 Å². The number of aliphatic hydroxyl groups is 1. The number of rotatable bonds is 1. The van der Waals surface area contributed by atoms with Crippen molar-refractivity contribution >= 4 is 5.96 Å². The molecular formula is C9H15N5O.